The first-order valence-corrected chi connectivity index (χ1v) is 10.9. The Morgan fingerprint density at radius 2 is 2.03 bits per heavy atom. The molecule has 0 N–H and O–H groups in total. The van der Waals surface area contributed by atoms with Crippen LogP contribution in [0.1, 0.15) is 48.2 Å². The minimum atomic E-state index is -0.204. The zero-order valence-electron chi connectivity index (χ0n) is 17.8. The van der Waals surface area contributed by atoms with E-state index in [1.54, 1.807) is 22.6 Å². The van der Waals surface area contributed by atoms with Gasteiger partial charge in [0.2, 0.25) is 5.91 Å². The number of aromatic nitrogens is 1. The number of piperidine rings is 1. The van der Waals surface area contributed by atoms with E-state index in [0.717, 1.165) is 25.0 Å². The first-order valence-electron chi connectivity index (χ1n) is 10.9. The van der Waals surface area contributed by atoms with Gasteiger partial charge in [-0.3, -0.25) is 14.4 Å². The predicted octanol–water partition coefficient (Wildman–Crippen LogP) is 1.08. The Kier molecular flexibility index (Phi) is 6.24. The van der Waals surface area contributed by atoms with Crippen LogP contribution >= 0.6 is 0 Å². The van der Waals surface area contributed by atoms with Gasteiger partial charge in [0, 0.05) is 51.5 Å². The van der Waals surface area contributed by atoms with Gasteiger partial charge in [0.15, 0.2) is 0 Å². The lowest BCUT2D eigenvalue weighted by molar-refractivity contribution is -0.138. The van der Waals surface area contributed by atoms with Gasteiger partial charge in [0.1, 0.15) is 12.2 Å². The molecule has 0 aliphatic carbocycles. The van der Waals surface area contributed by atoms with Crippen molar-refractivity contribution < 1.29 is 19.1 Å². The number of hydrogen-bond donors (Lipinski definition) is 0. The lowest BCUT2D eigenvalue weighted by Crippen LogP contribution is -2.51. The Morgan fingerprint density at radius 3 is 2.80 bits per heavy atom. The van der Waals surface area contributed by atoms with E-state index in [2.05, 4.69) is 0 Å². The minimum Gasteiger partial charge on any atom is -0.383 e. The summed E-state index contributed by atoms with van der Waals surface area (Å²) in [6.45, 7) is 5.43. The number of nitrogens with zero attached hydrogens (tertiary/aromatic N) is 3. The van der Waals surface area contributed by atoms with Crippen molar-refractivity contribution in [3.05, 3.63) is 33.7 Å². The molecule has 8 nitrogen and oxygen atoms in total. The summed E-state index contributed by atoms with van der Waals surface area (Å²) in [6.07, 6.45) is 2.80. The molecule has 164 valence electrons. The van der Waals surface area contributed by atoms with Gasteiger partial charge in [-0.15, -0.1) is 0 Å². The summed E-state index contributed by atoms with van der Waals surface area (Å²) in [7, 11) is 1.63. The van der Waals surface area contributed by atoms with Crippen LogP contribution < -0.4 is 5.56 Å². The van der Waals surface area contributed by atoms with Crippen molar-refractivity contribution in [1.82, 2.24) is 14.4 Å². The summed E-state index contributed by atoms with van der Waals surface area (Å²) in [5, 5.41) is 0. The third kappa shape index (κ3) is 3.90. The van der Waals surface area contributed by atoms with E-state index in [9.17, 15) is 14.4 Å². The molecular formula is C22H31N3O5. The Labute approximate surface area is 176 Å². The Hall–Kier alpha value is -2.19. The van der Waals surface area contributed by atoms with E-state index < -0.39 is 0 Å². The van der Waals surface area contributed by atoms with E-state index in [1.165, 1.54) is 0 Å². The average molecular weight is 418 g/mol. The second-order valence-electron chi connectivity index (χ2n) is 8.57. The Bertz CT molecular complexity index is 867. The number of hydrogen-bond acceptors (Lipinski definition) is 5. The van der Waals surface area contributed by atoms with E-state index in [1.807, 2.05) is 17.9 Å². The molecule has 0 unspecified atom stereocenters. The highest BCUT2D eigenvalue weighted by Gasteiger charge is 2.38. The molecule has 3 aliphatic rings. The lowest BCUT2D eigenvalue weighted by Gasteiger charge is -2.43. The lowest BCUT2D eigenvalue weighted by atomic mass is 9.83. The molecule has 4 heterocycles. The van der Waals surface area contributed by atoms with Crippen LogP contribution in [0, 0.1) is 5.92 Å². The fourth-order valence-corrected chi connectivity index (χ4v) is 5.22. The van der Waals surface area contributed by atoms with Crippen molar-refractivity contribution in [2.75, 3.05) is 46.6 Å². The van der Waals surface area contributed by atoms with Gasteiger partial charge >= 0.3 is 0 Å². The minimum absolute atomic E-state index is 0.00682. The third-order valence-electron chi connectivity index (χ3n) is 6.61. The maximum Gasteiger partial charge on any atom is 0.263 e. The third-order valence-corrected chi connectivity index (χ3v) is 6.61. The van der Waals surface area contributed by atoms with Gasteiger partial charge in [-0.2, -0.15) is 0 Å². The first kappa shape index (κ1) is 21.1. The summed E-state index contributed by atoms with van der Waals surface area (Å²) in [5.74, 6) is 0.150. The zero-order chi connectivity index (χ0) is 21.3. The summed E-state index contributed by atoms with van der Waals surface area (Å²) < 4.78 is 12.3. The molecule has 4 rings (SSSR count). The summed E-state index contributed by atoms with van der Waals surface area (Å²) in [6, 6.07) is 3.63. The monoisotopic (exact) mass is 417 g/mol. The predicted molar refractivity (Wildman–Crippen MR) is 111 cm³/mol. The number of fused-ring (bicyclic) bond motifs is 4. The van der Waals surface area contributed by atoms with E-state index >= 15 is 0 Å². The molecular weight excluding hydrogens is 386 g/mol. The average Bonchev–Trinajstić information content (AvgIpc) is 3.20. The van der Waals surface area contributed by atoms with Gasteiger partial charge < -0.3 is 23.8 Å². The number of carbonyl (C=O) groups excluding carboxylic acids is 2. The molecule has 3 aliphatic heterocycles. The van der Waals surface area contributed by atoms with Crippen molar-refractivity contribution in [3.63, 3.8) is 0 Å². The van der Waals surface area contributed by atoms with Crippen LogP contribution in [-0.4, -0.2) is 78.8 Å². The number of methoxy groups -OCH3 is 1. The number of rotatable bonds is 6. The second kappa shape index (κ2) is 8.89. The topological polar surface area (TPSA) is 81.1 Å². The van der Waals surface area contributed by atoms with Crippen molar-refractivity contribution in [3.8, 4) is 0 Å². The Morgan fingerprint density at radius 1 is 1.20 bits per heavy atom. The Balaban J connectivity index is 1.56. The molecule has 3 atom stereocenters. The second-order valence-corrected chi connectivity index (χ2v) is 8.57. The van der Waals surface area contributed by atoms with Crippen molar-refractivity contribution >= 4 is 11.8 Å². The van der Waals surface area contributed by atoms with Crippen molar-refractivity contribution in [1.29, 1.82) is 0 Å². The quantitative estimate of drug-likeness (QED) is 0.692. The number of ether oxygens (including phenoxy) is 2. The molecule has 2 fully saturated rings. The van der Waals surface area contributed by atoms with E-state index in [4.69, 9.17) is 9.47 Å². The van der Waals surface area contributed by atoms with Gasteiger partial charge in [0.25, 0.3) is 11.5 Å². The van der Waals surface area contributed by atoms with Crippen LogP contribution in [0.2, 0.25) is 0 Å². The fourth-order valence-electron chi connectivity index (χ4n) is 5.22. The molecule has 0 saturated carbocycles. The molecule has 2 saturated heterocycles. The summed E-state index contributed by atoms with van der Waals surface area (Å²) in [4.78, 5) is 42.4. The maximum absolute atomic E-state index is 13.2. The summed E-state index contributed by atoms with van der Waals surface area (Å²) in [5.41, 5.74) is 0.965. The van der Waals surface area contributed by atoms with Crippen LogP contribution in [0.3, 0.4) is 0 Å². The van der Waals surface area contributed by atoms with Gasteiger partial charge in [-0.05, 0) is 44.2 Å². The smallest absolute Gasteiger partial charge is 0.263 e. The highest BCUT2D eigenvalue weighted by atomic mass is 16.5. The molecule has 2 bridgehead atoms. The van der Waals surface area contributed by atoms with Crippen molar-refractivity contribution in [2.24, 2.45) is 5.92 Å². The van der Waals surface area contributed by atoms with Crippen LogP contribution in [0.15, 0.2) is 16.9 Å². The normalized spacial score (nSPS) is 25.3. The standard InChI is InChI=1S/C22H31N3O5/c1-3-30-14-20(26)23-10-15-9-16(12-23)19-7-6-18(22(28)25(19)11-15)21(27)24-8-4-5-17(24)13-29-2/h6-7,15-17H,3-5,8-14H2,1-2H3/t15-,16+,17-/m0/s1. The molecule has 0 aromatic carbocycles. The zero-order valence-corrected chi connectivity index (χ0v) is 17.8. The SMILES string of the molecule is CCOCC(=O)N1C[C@@H]2C[C@H](C1)c1ccc(C(=O)N3CCC[C@H]3COC)c(=O)n1C2. The number of carbonyl (C=O) groups is 2. The largest absolute Gasteiger partial charge is 0.383 e. The molecule has 30 heavy (non-hydrogen) atoms. The van der Waals surface area contributed by atoms with Crippen LogP contribution in [0.4, 0.5) is 0 Å². The number of pyridine rings is 1. The molecule has 1 aromatic heterocycles. The van der Waals surface area contributed by atoms with E-state index in [-0.39, 0.29) is 47.4 Å². The molecule has 8 heteroatoms. The van der Waals surface area contributed by atoms with Crippen LogP contribution in [-0.2, 0) is 20.8 Å². The molecule has 0 spiro atoms. The van der Waals surface area contributed by atoms with Gasteiger partial charge in [-0.1, -0.05) is 0 Å². The highest BCUT2D eigenvalue weighted by molar-refractivity contribution is 5.94. The van der Waals surface area contributed by atoms with Gasteiger partial charge in [-0.25, -0.2) is 0 Å². The maximum atomic E-state index is 13.2. The molecule has 0 radical (unpaired) electrons. The summed E-state index contributed by atoms with van der Waals surface area (Å²) >= 11 is 0. The fraction of sp³-hybridized carbons (Fsp3) is 0.682. The molecule has 2 amide bonds. The van der Waals surface area contributed by atoms with E-state index in [0.29, 0.717) is 39.4 Å². The number of likely N-dealkylation sites (tertiary alicyclic amines) is 2. The highest BCUT2D eigenvalue weighted by Crippen LogP contribution is 2.35. The molecule has 1 aromatic rings. The van der Waals surface area contributed by atoms with Gasteiger partial charge in [0.05, 0.1) is 12.6 Å². The number of amides is 2. The van der Waals surface area contributed by atoms with Crippen molar-refractivity contribution in [2.45, 2.75) is 44.7 Å². The van der Waals surface area contributed by atoms with Crippen LogP contribution in [0.25, 0.3) is 0 Å². The first-order chi connectivity index (χ1) is 14.5. The van der Waals surface area contributed by atoms with Crippen LogP contribution in [0.5, 0.6) is 0 Å².